The first-order chi connectivity index (χ1) is 10.8. The van der Waals surface area contributed by atoms with E-state index in [1.807, 2.05) is 12.2 Å². The fourth-order valence-electron chi connectivity index (χ4n) is 1.69. The smallest absolute Gasteiger partial charge is 0.303 e. The number of carboxylic acids is 1. The largest absolute Gasteiger partial charge is 0.481 e. The van der Waals surface area contributed by atoms with Gasteiger partial charge in [0, 0.05) is 32.1 Å². The van der Waals surface area contributed by atoms with Crippen molar-refractivity contribution in [1.82, 2.24) is 0 Å². The van der Waals surface area contributed by atoms with E-state index >= 15 is 0 Å². The van der Waals surface area contributed by atoms with E-state index < -0.39 is 5.97 Å². The molecule has 0 aliphatic heterocycles. The lowest BCUT2D eigenvalue weighted by Crippen LogP contribution is -1.92. The average Bonchev–Trinajstić information content (AvgIpc) is 2.50. The molecule has 0 amide bonds. The zero-order chi connectivity index (χ0) is 16.3. The van der Waals surface area contributed by atoms with Crippen molar-refractivity contribution >= 4 is 5.97 Å². The lowest BCUT2D eigenvalue weighted by molar-refractivity contribution is -0.137. The Kier molecular flexibility index (Phi) is 15.6. The second kappa shape index (κ2) is 17.1. The molecule has 0 heterocycles. The van der Waals surface area contributed by atoms with Gasteiger partial charge in [0.25, 0.3) is 0 Å². The van der Waals surface area contributed by atoms with Crippen LogP contribution in [0.2, 0.25) is 0 Å². The number of rotatable bonds is 10. The van der Waals surface area contributed by atoms with Gasteiger partial charge in [0.2, 0.25) is 0 Å². The molecule has 0 atom stereocenters. The Morgan fingerprint density at radius 2 is 1.45 bits per heavy atom. The second-order valence-electron chi connectivity index (χ2n) is 5.01. The van der Waals surface area contributed by atoms with E-state index in [1.54, 1.807) is 0 Å². The molecule has 0 saturated heterocycles. The van der Waals surface area contributed by atoms with Crippen molar-refractivity contribution in [2.45, 2.75) is 71.1 Å². The Bertz CT molecular complexity index is 450. The molecular weight excluding hydrogens is 272 g/mol. The van der Waals surface area contributed by atoms with Gasteiger partial charge in [-0.15, -0.1) is 5.92 Å². The molecule has 0 aliphatic carbocycles. The number of aliphatic carboxylic acids is 1. The molecule has 0 unspecified atom stereocenters. The Morgan fingerprint density at radius 3 is 2.05 bits per heavy atom. The van der Waals surface area contributed by atoms with Gasteiger partial charge in [-0.2, -0.15) is 0 Å². The van der Waals surface area contributed by atoms with E-state index in [-0.39, 0.29) is 6.42 Å². The molecule has 0 aromatic carbocycles. The van der Waals surface area contributed by atoms with Crippen molar-refractivity contribution in [2.75, 3.05) is 0 Å². The summed E-state index contributed by atoms with van der Waals surface area (Å²) < 4.78 is 0. The Labute approximate surface area is 135 Å². The minimum absolute atomic E-state index is 0.202. The monoisotopic (exact) mass is 300 g/mol. The van der Waals surface area contributed by atoms with E-state index in [9.17, 15) is 4.79 Å². The van der Waals surface area contributed by atoms with Crippen LogP contribution in [0.15, 0.2) is 24.3 Å². The van der Waals surface area contributed by atoms with Crippen molar-refractivity contribution in [1.29, 1.82) is 0 Å². The maximum absolute atomic E-state index is 10.3. The van der Waals surface area contributed by atoms with E-state index in [0.717, 1.165) is 12.8 Å². The predicted octanol–water partition coefficient (Wildman–Crippen LogP) is 5.11. The minimum atomic E-state index is -0.754. The first kappa shape index (κ1) is 20.1. The van der Waals surface area contributed by atoms with Crippen LogP contribution in [-0.4, -0.2) is 11.1 Å². The number of carboxylic acid groups (broad SMARTS) is 1. The molecule has 0 radical (unpaired) electrons. The molecule has 0 aromatic heterocycles. The molecule has 2 heteroatoms. The van der Waals surface area contributed by atoms with Crippen LogP contribution >= 0.6 is 0 Å². The van der Waals surface area contributed by atoms with Crippen LogP contribution in [0, 0.1) is 23.7 Å². The topological polar surface area (TPSA) is 37.3 Å². The van der Waals surface area contributed by atoms with Crippen LogP contribution < -0.4 is 0 Å². The zero-order valence-corrected chi connectivity index (χ0v) is 13.7. The standard InChI is InChI=1S/C20H28O2/c1-2-3-4-5-6-7-8-9-10-11-12-13-14-15-16-17-18-19-20(21)22/h6-7,12-13H,2-5,8,11,14,17-19H2,1H3,(H,21,22)/b7-6-,13-12-. The van der Waals surface area contributed by atoms with Gasteiger partial charge in [-0.25, -0.2) is 0 Å². The summed E-state index contributed by atoms with van der Waals surface area (Å²) in [4.78, 5) is 10.3. The Balaban J connectivity index is 3.49. The molecule has 1 N–H and O–H groups in total. The van der Waals surface area contributed by atoms with Crippen molar-refractivity contribution in [3.63, 3.8) is 0 Å². The number of hydrogen-bond acceptors (Lipinski definition) is 1. The number of hydrogen-bond donors (Lipinski definition) is 1. The molecule has 0 aliphatic rings. The third-order valence-corrected chi connectivity index (χ3v) is 2.91. The maximum atomic E-state index is 10.3. The number of allylic oxidation sites excluding steroid dienone is 4. The molecule has 0 bridgehead atoms. The van der Waals surface area contributed by atoms with Gasteiger partial charge in [0.1, 0.15) is 0 Å². The summed E-state index contributed by atoms with van der Waals surface area (Å²) in [7, 11) is 0. The molecule has 0 saturated carbocycles. The summed E-state index contributed by atoms with van der Waals surface area (Å²) in [6.45, 7) is 2.22. The van der Waals surface area contributed by atoms with Gasteiger partial charge in [-0.3, -0.25) is 4.79 Å². The lowest BCUT2D eigenvalue weighted by Gasteiger charge is -1.89. The normalized spacial score (nSPS) is 10.2. The average molecular weight is 300 g/mol. The van der Waals surface area contributed by atoms with Gasteiger partial charge in [0.15, 0.2) is 0 Å². The molecule has 0 aromatic rings. The summed E-state index contributed by atoms with van der Waals surface area (Å²) in [5.41, 5.74) is 0. The van der Waals surface area contributed by atoms with Crippen LogP contribution in [0.5, 0.6) is 0 Å². The zero-order valence-electron chi connectivity index (χ0n) is 13.7. The minimum Gasteiger partial charge on any atom is -0.481 e. The highest BCUT2D eigenvalue weighted by molar-refractivity contribution is 5.66. The first-order valence-electron chi connectivity index (χ1n) is 8.20. The van der Waals surface area contributed by atoms with Gasteiger partial charge < -0.3 is 5.11 Å². The Morgan fingerprint density at radius 1 is 0.864 bits per heavy atom. The first-order valence-corrected chi connectivity index (χ1v) is 8.20. The molecule has 2 nitrogen and oxygen atoms in total. The van der Waals surface area contributed by atoms with Gasteiger partial charge >= 0.3 is 5.97 Å². The van der Waals surface area contributed by atoms with Crippen molar-refractivity contribution in [3.8, 4) is 23.7 Å². The van der Waals surface area contributed by atoms with E-state index in [2.05, 4.69) is 42.8 Å². The van der Waals surface area contributed by atoms with E-state index in [0.29, 0.717) is 19.3 Å². The van der Waals surface area contributed by atoms with E-state index in [1.165, 1.54) is 25.7 Å². The molecule has 0 spiro atoms. The third-order valence-electron chi connectivity index (χ3n) is 2.91. The van der Waals surface area contributed by atoms with Crippen LogP contribution in [0.3, 0.4) is 0 Å². The van der Waals surface area contributed by atoms with Crippen LogP contribution in [0.25, 0.3) is 0 Å². The number of carbonyl (C=O) groups is 1. The molecule has 0 fully saturated rings. The van der Waals surface area contributed by atoms with Crippen LogP contribution in [0.4, 0.5) is 0 Å². The fourth-order valence-corrected chi connectivity index (χ4v) is 1.69. The summed E-state index contributed by atoms with van der Waals surface area (Å²) in [5.74, 6) is 11.5. The summed E-state index contributed by atoms with van der Waals surface area (Å²) in [6.07, 6.45) is 17.2. The Hall–Kier alpha value is -1.93. The fraction of sp³-hybridized carbons (Fsp3) is 0.550. The summed E-state index contributed by atoms with van der Waals surface area (Å²) in [6, 6.07) is 0. The molecule has 120 valence electrons. The molecular formula is C20H28O2. The highest BCUT2D eigenvalue weighted by Gasteiger charge is 1.92. The van der Waals surface area contributed by atoms with Gasteiger partial charge in [-0.05, 0) is 19.3 Å². The van der Waals surface area contributed by atoms with Crippen LogP contribution in [0.1, 0.15) is 71.1 Å². The maximum Gasteiger partial charge on any atom is 0.303 e. The SMILES string of the molecule is CCCCC/C=C\CC#CC/C=C\CC#CCCCC(=O)O. The summed E-state index contributed by atoms with van der Waals surface area (Å²) >= 11 is 0. The van der Waals surface area contributed by atoms with E-state index in [4.69, 9.17) is 5.11 Å². The van der Waals surface area contributed by atoms with Crippen LogP contribution in [-0.2, 0) is 4.79 Å². The van der Waals surface area contributed by atoms with Gasteiger partial charge in [0.05, 0.1) is 0 Å². The lowest BCUT2D eigenvalue weighted by atomic mass is 10.2. The van der Waals surface area contributed by atoms with Crippen molar-refractivity contribution in [3.05, 3.63) is 24.3 Å². The molecule has 22 heavy (non-hydrogen) atoms. The van der Waals surface area contributed by atoms with Crippen molar-refractivity contribution < 1.29 is 9.90 Å². The third kappa shape index (κ3) is 18.1. The number of unbranched alkanes of at least 4 members (excludes halogenated alkanes) is 4. The highest BCUT2D eigenvalue weighted by atomic mass is 16.4. The predicted molar refractivity (Wildman–Crippen MR) is 93.3 cm³/mol. The highest BCUT2D eigenvalue weighted by Crippen LogP contribution is 1.99. The summed E-state index contributed by atoms with van der Waals surface area (Å²) in [5, 5.41) is 8.46. The van der Waals surface area contributed by atoms with Gasteiger partial charge in [-0.1, -0.05) is 61.8 Å². The quantitative estimate of drug-likeness (QED) is 0.346. The molecule has 0 rings (SSSR count). The van der Waals surface area contributed by atoms with Crippen molar-refractivity contribution in [2.24, 2.45) is 0 Å². The second-order valence-corrected chi connectivity index (χ2v) is 5.01.